The molecule has 110 valence electrons. The summed E-state index contributed by atoms with van der Waals surface area (Å²) in [5, 5.41) is 9.50. The Balaban J connectivity index is 2.28. The van der Waals surface area contributed by atoms with Gasteiger partial charge in [0, 0.05) is 6.04 Å². The molecule has 1 aromatic rings. The molecule has 0 bridgehead atoms. The Morgan fingerprint density at radius 3 is 2.45 bits per heavy atom. The van der Waals surface area contributed by atoms with E-state index in [1.54, 1.807) is 0 Å². The Labute approximate surface area is 121 Å². The van der Waals surface area contributed by atoms with E-state index in [1.165, 1.54) is 16.7 Å². The van der Waals surface area contributed by atoms with Crippen LogP contribution in [-0.2, 0) is 4.79 Å². The molecule has 1 fully saturated rings. The van der Waals surface area contributed by atoms with Crippen molar-refractivity contribution in [2.75, 3.05) is 6.54 Å². The molecule has 0 aromatic heterocycles. The van der Waals surface area contributed by atoms with Crippen molar-refractivity contribution in [2.45, 2.75) is 58.5 Å². The lowest BCUT2D eigenvalue weighted by Crippen LogP contribution is -2.42. The van der Waals surface area contributed by atoms with Gasteiger partial charge in [-0.05, 0) is 45.7 Å². The number of aryl methyl sites for hydroxylation is 2. The first kappa shape index (κ1) is 15.0. The first-order chi connectivity index (χ1) is 9.49. The minimum absolute atomic E-state index is 0.160. The summed E-state index contributed by atoms with van der Waals surface area (Å²) in [5.74, 6) is -0.678. The largest absolute Gasteiger partial charge is 0.480 e. The molecule has 1 aliphatic heterocycles. The van der Waals surface area contributed by atoms with Gasteiger partial charge >= 0.3 is 5.97 Å². The number of carbonyl (C=O) groups is 1. The highest BCUT2D eigenvalue weighted by Gasteiger charge is 2.31. The Hall–Kier alpha value is -1.35. The van der Waals surface area contributed by atoms with Crippen LogP contribution in [0.1, 0.15) is 55.3 Å². The third-order valence-corrected chi connectivity index (χ3v) is 4.30. The first-order valence-corrected chi connectivity index (χ1v) is 7.56. The number of aliphatic carboxylic acids is 1. The molecule has 0 amide bonds. The molecule has 2 rings (SSSR count). The Morgan fingerprint density at radius 2 is 1.85 bits per heavy atom. The predicted molar refractivity (Wildman–Crippen MR) is 80.9 cm³/mol. The minimum atomic E-state index is -0.678. The summed E-state index contributed by atoms with van der Waals surface area (Å²) in [7, 11) is 0. The van der Waals surface area contributed by atoms with Gasteiger partial charge < -0.3 is 5.11 Å². The molecular weight excluding hydrogens is 250 g/mol. The van der Waals surface area contributed by atoms with Crippen LogP contribution in [0.3, 0.4) is 0 Å². The van der Waals surface area contributed by atoms with E-state index in [0.717, 1.165) is 32.2 Å². The second-order valence-electron chi connectivity index (χ2n) is 6.04. The Morgan fingerprint density at radius 1 is 1.20 bits per heavy atom. The summed E-state index contributed by atoms with van der Waals surface area (Å²) < 4.78 is 0. The molecule has 2 atom stereocenters. The number of rotatable bonds is 3. The fourth-order valence-electron chi connectivity index (χ4n) is 3.30. The molecule has 1 saturated heterocycles. The minimum Gasteiger partial charge on any atom is -0.480 e. The highest BCUT2D eigenvalue weighted by atomic mass is 16.4. The van der Waals surface area contributed by atoms with Gasteiger partial charge in [0.05, 0.1) is 0 Å². The van der Waals surface area contributed by atoms with Crippen molar-refractivity contribution in [1.29, 1.82) is 0 Å². The molecule has 2 unspecified atom stereocenters. The molecule has 0 radical (unpaired) electrons. The maximum absolute atomic E-state index is 11.5. The molecule has 1 heterocycles. The molecular formula is C17H25NO2. The van der Waals surface area contributed by atoms with Crippen LogP contribution < -0.4 is 0 Å². The van der Waals surface area contributed by atoms with Gasteiger partial charge in [-0.25, -0.2) is 0 Å². The van der Waals surface area contributed by atoms with Crippen molar-refractivity contribution in [2.24, 2.45) is 0 Å². The van der Waals surface area contributed by atoms with Crippen LogP contribution in [0.4, 0.5) is 0 Å². The summed E-state index contributed by atoms with van der Waals surface area (Å²) >= 11 is 0. The number of hydrogen-bond donors (Lipinski definition) is 1. The topological polar surface area (TPSA) is 40.5 Å². The van der Waals surface area contributed by atoms with Crippen LogP contribution in [0.5, 0.6) is 0 Å². The fraction of sp³-hybridized carbons (Fsp3) is 0.588. The van der Waals surface area contributed by atoms with E-state index in [4.69, 9.17) is 0 Å². The molecule has 3 heteroatoms. The van der Waals surface area contributed by atoms with Gasteiger partial charge in [0.1, 0.15) is 6.04 Å². The van der Waals surface area contributed by atoms with Crippen LogP contribution in [0.2, 0.25) is 0 Å². The molecule has 1 aliphatic rings. The van der Waals surface area contributed by atoms with E-state index < -0.39 is 5.97 Å². The average molecular weight is 275 g/mol. The highest BCUT2D eigenvalue weighted by Crippen LogP contribution is 2.29. The zero-order valence-corrected chi connectivity index (χ0v) is 12.7. The van der Waals surface area contributed by atoms with Crippen molar-refractivity contribution < 1.29 is 9.90 Å². The highest BCUT2D eigenvalue weighted by molar-refractivity contribution is 5.73. The van der Waals surface area contributed by atoms with Gasteiger partial charge in [-0.1, -0.05) is 42.2 Å². The number of carboxylic acids is 1. The third kappa shape index (κ3) is 3.40. The average Bonchev–Trinajstić information content (AvgIpc) is 2.62. The molecule has 0 spiro atoms. The smallest absolute Gasteiger partial charge is 0.320 e. The maximum Gasteiger partial charge on any atom is 0.320 e. The lowest BCUT2D eigenvalue weighted by molar-refractivity contribution is -0.144. The van der Waals surface area contributed by atoms with Gasteiger partial charge in [0.15, 0.2) is 0 Å². The Bertz CT molecular complexity index is 464. The van der Waals surface area contributed by atoms with Crippen molar-refractivity contribution >= 4 is 5.97 Å². The van der Waals surface area contributed by atoms with Crippen molar-refractivity contribution in [3.05, 3.63) is 34.9 Å². The summed E-state index contributed by atoms with van der Waals surface area (Å²) in [6.07, 6.45) is 4.02. The van der Waals surface area contributed by atoms with Gasteiger partial charge in [-0.15, -0.1) is 0 Å². The van der Waals surface area contributed by atoms with Gasteiger partial charge in [0.2, 0.25) is 0 Å². The van der Waals surface area contributed by atoms with Gasteiger partial charge in [-0.2, -0.15) is 0 Å². The SMILES string of the molecule is Cc1cc(C)cc(C(C)N2CCCCCC2C(=O)O)c1. The van der Waals surface area contributed by atoms with E-state index in [-0.39, 0.29) is 12.1 Å². The lowest BCUT2D eigenvalue weighted by atomic mass is 9.99. The first-order valence-electron chi connectivity index (χ1n) is 7.56. The van der Waals surface area contributed by atoms with Crippen LogP contribution in [0, 0.1) is 13.8 Å². The van der Waals surface area contributed by atoms with Crippen molar-refractivity contribution in [3.8, 4) is 0 Å². The number of nitrogens with zero attached hydrogens (tertiary/aromatic N) is 1. The number of carboxylic acid groups (broad SMARTS) is 1. The van der Waals surface area contributed by atoms with Crippen molar-refractivity contribution in [3.63, 3.8) is 0 Å². The quantitative estimate of drug-likeness (QED) is 0.914. The zero-order valence-electron chi connectivity index (χ0n) is 12.7. The van der Waals surface area contributed by atoms with Crippen molar-refractivity contribution in [1.82, 2.24) is 4.90 Å². The van der Waals surface area contributed by atoms with E-state index in [9.17, 15) is 9.90 Å². The maximum atomic E-state index is 11.5. The number of hydrogen-bond acceptors (Lipinski definition) is 2. The predicted octanol–water partition coefficient (Wildman–Crippen LogP) is 3.69. The van der Waals surface area contributed by atoms with Gasteiger partial charge in [-0.3, -0.25) is 9.69 Å². The summed E-state index contributed by atoms with van der Waals surface area (Å²) in [6.45, 7) is 7.21. The molecule has 0 aliphatic carbocycles. The number of benzene rings is 1. The normalized spacial score (nSPS) is 22.2. The standard InChI is InChI=1S/C17H25NO2/c1-12-9-13(2)11-15(10-12)14(3)18-8-6-4-5-7-16(18)17(19)20/h9-11,14,16H,4-8H2,1-3H3,(H,19,20). The summed E-state index contributed by atoms with van der Waals surface area (Å²) in [5.41, 5.74) is 3.72. The van der Waals surface area contributed by atoms with Crippen LogP contribution in [0.15, 0.2) is 18.2 Å². The van der Waals surface area contributed by atoms with Crippen LogP contribution in [0.25, 0.3) is 0 Å². The zero-order chi connectivity index (χ0) is 14.7. The molecule has 1 N–H and O–H groups in total. The molecule has 3 nitrogen and oxygen atoms in total. The van der Waals surface area contributed by atoms with E-state index in [1.807, 2.05) is 0 Å². The monoisotopic (exact) mass is 275 g/mol. The van der Waals surface area contributed by atoms with Crippen LogP contribution >= 0.6 is 0 Å². The number of likely N-dealkylation sites (tertiary alicyclic amines) is 1. The second-order valence-corrected chi connectivity index (χ2v) is 6.04. The fourth-order valence-corrected chi connectivity index (χ4v) is 3.30. The van der Waals surface area contributed by atoms with Crippen LogP contribution in [-0.4, -0.2) is 28.6 Å². The van der Waals surface area contributed by atoms with Gasteiger partial charge in [0.25, 0.3) is 0 Å². The molecule has 20 heavy (non-hydrogen) atoms. The Kier molecular flexibility index (Phi) is 4.81. The van der Waals surface area contributed by atoms with E-state index in [2.05, 4.69) is 43.9 Å². The van der Waals surface area contributed by atoms with E-state index >= 15 is 0 Å². The lowest BCUT2D eigenvalue weighted by Gasteiger charge is -2.33. The summed E-state index contributed by atoms with van der Waals surface area (Å²) in [6, 6.07) is 6.34. The van der Waals surface area contributed by atoms with E-state index in [0.29, 0.717) is 0 Å². The third-order valence-electron chi connectivity index (χ3n) is 4.30. The molecule has 0 saturated carbocycles. The second kappa shape index (κ2) is 6.40. The molecule has 1 aromatic carbocycles. The summed E-state index contributed by atoms with van der Waals surface area (Å²) in [4.78, 5) is 13.7.